The van der Waals surface area contributed by atoms with Gasteiger partial charge in [-0.3, -0.25) is 9.79 Å². The van der Waals surface area contributed by atoms with Gasteiger partial charge in [-0.1, -0.05) is 6.07 Å². The molecule has 0 bridgehead atoms. The number of carbonyl (C=O) groups is 1. The number of hydrogen-bond acceptors (Lipinski definition) is 7. The van der Waals surface area contributed by atoms with Crippen molar-refractivity contribution in [3.63, 3.8) is 0 Å². The number of halogens is 1. The van der Waals surface area contributed by atoms with Crippen molar-refractivity contribution in [3.8, 4) is 0 Å². The molecule has 160 valence electrons. The van der Waals surface area contributed by atoms with Crippen LogP contribution < -0.4 is 5.32 Å². The van der Waals surface area contributed by atoms with E-state index < -0.39 is 15.9 Å². The van der Waals surface area contributed by atoms with Crippen molar-refractivity contribution in [2.45, 2.75) is 30.1 Å². The summed E-state index contributed by atoms with van der Waals surface area (Å²) in [5, 5.41) is 15.0. The van der Waals surface area contributed by atoms with Gasteiger partial charge in [0, 0.05) is 19.6 Å². The first-order valence-electron chi connectivity index (χ1n) is 8.92. The number of nitrogens with one attached hydrogen (secondary N) is 1. The quantitative estimate of drug-likeness (QED) is 0.231. The number of carbonyl (C=O) groups excluding carboxylic acids is 1. The van der Waals surface area contributed by atoms with Gasteiger partial charge in [0.05, 0.1) is 31.4 Å². The number of aliphatic hydroxyl groups excluding tert-OH is 1. The van der Waals surface area contributed by atoms with Crippen molar-refractivity contribution in [1.29, 1.82) is 0 Å². The van der Waals surface area contributed by atoms with E-state index in [4.69, 9.17) is 4.74 Å². The fraction of sp³-hybridized carbons (Fsp3) is 0.647. The number of aliphatic hydroxyl groups is 1. The fourth-order valence-corrected chi connectivity index (χ4v) is 5.41. The van der Waals surface area contributed by atoms with E-state index in [1.807, 2.05) is 11.8 Å². The van der Waals surface area contributed by atoms with Crippen LogP contribution in [0.15, 0.2) is 26.7 Å². The van der Waals surface area contributed by atoms with Crippen molar-refractivity contribution >= 4 is 57.1 Å². The van der Waals surface area contributed by atoms with Gasteiger partial charge in [0.2, 0.25) is 0 Å². The molecular weight excluding hydrogens is 517 g/mol. The summed E-state index contributed by atoms with van der Waals surface area (Å²) in [6.45, 7) is 3.88. The maximum absolute atomic E-state index is 12.2. The van der Waals surface area contributed by atoms with Gasteiger partial charge in [-0.2, -0.15) is 0 Å². The number of guanidine groups is 1. The number of sulfone groups is 1. The minimum Gasteiger partial charge on any atom is -0.469 e. The lowest BCUT2D eigenvalue weighted by Crippen LogP contribution is -2.47. The lowest BCUT2D eigenvalue weighted by Gasteiger charge is -2.33. The third-order valence-corrected chi connectivity index (χ3v) is 7.61. The lowest BCUT2D eigenvalue weighted by atomic mass is 9.97. The molecule has 11 heteroatoms. The maximum Gasteiger partial charge on any atom is 0.308 e. The number of ether oxygens (including phenoxy) is 1. The second-order valence-electron chi connectivity index (χ2n) is 6.35. The van der Waals surface area contributed by atoms with E-state index in [0.717, 1.165) is 11.3 Å². The van der Waals surface area contributed by atoms with Crippen molar-refractivity contribution in [2.75, 3.05) is 39.0 Å². The van der Waals surface area contributed by atoms with Gasteiger partial charge < -0.3 is 20.1 Å². The van der Waals surface area contributed by atoms with Crippen molar-refractivity contribution in [2.24, 2.45) is 10.9 Å². The lowest BCUT2D eigenvalue weighted by molar-refractivity contribution is -0.146. The Balaban J connectivity index is 0.00000392. The number of esters is 1. The average molecular weight is 545 g/mol. The highest BCUT2D eigenvalue weighted by Crippen LogP contribution is 2.19. The van der Waals surface area contributed by atoms with Crippen LogP contribution in [0.1, 0.15) is 19.8 Å². The zero-order chi connectivity index (χ0) is 19.9. The summed E-state index contributed by atoms with van der Waals surface area (Å²) >= 11 is 1.14. The maximum atomic E-state index is 12.2. The molecule has 0 radical (unpaired) electrons. The van der Waals surface area contributed by atoms with Gasteiger partial charge in [0.1, 0.15) is 4.21 Å². The average Bonchev–Trinajstić information content (AvgIpc) is 3.20. The number of piperidine rings is 1. The first-order valence-corrected chi connectivity index (χ1v) is 11.5. The summed E-state index contributed by atoms with van der Waals surface area (Å²) < 4.78 is 29.5. The van der Waals surface area contributed by atoms with E-state index in [1.165, 1.54) is 13.2 Å². The van der Waals surface area contributed by atoms with Crippen LogP contribution in [0, 0.1) is 5.92 Å². The normalized spacial score (nSPS) is 17.0. The van der Waals surface area contributed by atoms with E-state index in [2.05, 4.69) is 10.3 Å². The van der Waals surface area contributed by atoms with Crippen LogP contribution in [0.3, 0.4) is 0 Å². The van der Waals surface area contributed by atoms with Gasteiger partial charge >= 0.3 is 5.97 Å². The number of rotatable bonds is 7. The summed E-state index contributed by atoms with van der Waals surface area (Å²) in [7, 11) is -2.11. The molecule has 1 fully saturated rings. The summed E-state index contributed by atoms with van der Waals surface area (Å²) in [5.41, 5.74) is 0. The fourth-order valence-electron chi connectivity index (χ4n) is 2.94. The van der Waals surface area contributed by atoms with Crippen LogP contribution in [0.5, 0.6) is 0 Å². The summed E-state index contributed by atoms with van der Waals surface area (Å²) in [4.78, 5) is 18.1. The molecule has 0 aromatic carbocycles. The molecule has 1 aliphatic rings. The van der Waals surface area contributed by atoms with E-state index in [9.17, 15) is 18.3 Å². The summed E-state index contributed by atoms with van der Waals surface area (Å²) in [6.07, 6.45) is 0.261. The SMILES string of the molecule is CCNC(=NCC(O)CS(=O)(=O)c1cccs1)N1CCC(C(=O)OC)CC1.I. The number of hydrogen-bond donors (Lipinski definition) is 2. The van der Waals surface area contributed by atoms with Crippen LogP contribution in [-0.2, 0) is 19.4 Å². The third-order valence-electron chi connectivity index (χ3n) is 4.33. The van der Waals surface area contributed by atoms with Crippen LogP contribution in [0.4, 0.5) is 0 Å². The van der Waals surface area contributed by atoms with E-state index >= 15 is 0 Å². The van der Waals surface area contributed by atoms with Crippen LogP contribution >= 0.6 is 35.3 Å². The molecule has 2 rings (SSSR count). The van der Waals surface area contributed by atoms with Crippen molar-refractivity contribution in [3.05, 3.63) is 17.5 Å². The highest BCUT2D eigenvalue weighted by atomic mass is 127. The highest BCUT2D eigenvalue weighted by molar-refractivity contribution is 14.0. The first-order chi connectivity index (χ1) is 12.9. The Kier molecular flexibility index (Phi) is 10.7. The summed E-state index contributed by atoms with van der Waals surface area (Å²) in [5.74, 6) is -0.0317. The molecule has 0 amide bonds. The number of thiophene rings is 1. The minimum absolute atomic E-state index is 0. The van der Waals surface area contributed by atoms with E-state index in [0.29, 0.717) is 38.4 Å². The van der Waals surface area contributed by atoms with Gasteiger partial charge in [-0.25, -0.2) is 8.42 Å². The molecule has 28 heavy (non-hydrogen) atoms. The van der Waals surface area contributed by atoms with Crippen molar-refractivity contribution in [1.82, 2.24) is 10.2 Å². The molecular formula is C17H28IN3O5S2. The second-order valence-corrected chi connectivity index (χ2v) is 9.56. The molecule has 1 saturated heterocycles. The molecule has 2 N–H and O–H groups in total. The predicted octanol–water partition coefficient (Wildman–Crippen LogP) is 1.35. The largest absolute Gasteiger partial charge is 0.469 e. The number of methoxy groups -OCH3 is 1. The molecule has 8 nitrogen and oxygen atoms in total. The Hall–Kier alpha value is -0.920. The third kappa shape index (κ3) is 7.16. The van der Waals surface area contributed by atoms with E-state index in [-0.39, 0.29) is 52.4 Å². The number of likely N-dealkylation sites (tertiary alicyclic amines) is 1. The molecule has 0 saturated carbocycles. The van der Waals surface area contributed by atoms with Crippen LogP contribution in [-0.4, -0.2) is 75.5 Å². The Labute approximate surface area is 187 Å². The summed E-state index contributed by atoms with van der Waals surface area (Å²) in [6, 6.07) is 3.20. The zero-order valence-corrected chi connectivity index (χ0v) is 20.0. The first kappa shape index (κ1) is 25.1. The van der Waals surface area contributed by atoms with Crippen molar-refractivity contribution < 1.29 is 23.1 Å². The molecule has 1 unspecified atom stereocenters. The zero-order valence-electron chi connectivity index (χ0n) is 16.0. The molecule has 0 spiro atoms. The Morgan fingerprint density at radius 1 is 1.46 bits per heavy atom. The van der Waals surface area contributed by atoms with Gasteiger partial charge in [-0.05, 0) is 31.2 Å². The molecule has 1 atom stereocenters. The van der Waals surface area contributed by atoms with Crippen LogP contribution in [0.25, 0.3) is 0 Å². The van der Waals surface area contributed by atoms with Gasteiger partial charge in [-0.15, -0.1) is 35.3 Å². The molecule has 0 aliphatic carbocycles. The molecule has 1 aliphatic heterocycles. The standard InChI is InChI=1S/C17H27N3O5S2.HI/c1-3-18-17(20-8-6-13(7-9-20)16(22)25-2)19-11-14(21)12-27(23,24)15-5-4-10-26-15;/h4-5,10,13-14,21H,3,6-9,11-12H2,1-2H3,(H,18,19);1H. The van der Waals surface area contributed by atoms with Crippen LogP contribution in [0.2, 0.25) is 0 Å². The Morgan fingerprint density at radius 2 is 2.14 bits per heavy atom. The monoisotopic (exact) mass is 545 g/mol. The second kappa shape index (κ2) is 11.9. The Morgan fingerprint density at radius 3 is 2.68 bits per heavy atom. The smallest absolute Gasteiger partial charge is 0.308 e. The van der Waals surface area contributed by atoms with E-state index in [1.54, 1.807) is 11.4 Å². The molecule has 1 aromatic heterocycles. The minimum atomic E-state index is -3.51. The number of nitrogens with zero attached hydrogens (tertiary/aromatic N) is 2. The highest BCUT2D eigenvalue weighted by Gasteiger charge is 2.27. The Bertz CT molecular complexity index is 732. The topological polar surface area (TPSA) is 108 Å². The van der Waals surface area contributed by atoms with Gasteiger partial charge in [0.15, 0.2) is 15.8 Å². The molecule has 1 aromatic rings. The van der Waals surface area contributed by atoms with Gasteiger partial charge in [0.25, 0.3) is 0 Å². The predicted molar refractivity (Wildman–Crippen MR) is 120 cm³/mol. The molecule has 2 heterocycles. The number of aliphatic imine (C=N–C) groups is 1.